The van der Waals surface area contributed by atoms with Gasteiger partial charge in [-0.2, -0.15) is 0 Å². The van der Waals surface area contributed by atoms with Crippen LogP contribution in [-0.2, 0) is 4.79 Å². The van der Waals surface area contributed by atoms with Gasteiger partial charge in [-0.3, -0.25) is 4.79 Å². The Morgan fingerprint density at radius 2 is 1.90 bits per heavy atom. The van der Waals surface area contributed by atoms with E-state index in [4.69, 9.17) is 0 Å². The molecule has 1 aliphatic carbocycles. The highest BCUT2D eigenvalue weighted by molar-refractivity contribution is 5.79. The van der Waals surface area contributed by atoms with Crippen LogP contribution in [0.3, 0.4) is 0 Å². The average molecular weight is 274 g/mol. The maximum absolute atomic E-state index is 12.4. The maximum atomic E-state index is 12.4. The second kappa shape index (κ2) is 6.20. The summed E-state index contributed by atoms with van der Waals surface area (Å²) in [7, 11) is 0. The highest BCUT2D eigenvalue weighted by atomic mass is 16.2. The molecule has 0 bridgehead atoms. The maximum Gasteiger partial charge on any atom is 0.225 e. The first-order valence-corrected chi connectivity index (χ1v) is 7.65. The number of aromatic nitrogens is 2. The van der Waals surface area contributed by atoms with Gasteiger partial charge in [0, 0.05) is 31.5 Å². The Bertz CT molecular complexity index is 444. The summed E-state index contributed by atoms with van der Waals surface area (Å²) in [5.41, 5.74) is 0. The third-order valence-electron chi connectivity index (χ3n) is 4.33. The lowest BCUT2D eigenvalue weighted by atomic mass is 9.97. The van der Waals surface area contributed by atoms with Crippen LogP contribution in [-0.4, -0.2) is 35.0 Å². The third-order valence-corrected chi connectivity index (χ3v) is 4.33. The minimum atomic E-state index is 0.0770. The minimum Gasteiger partial charge on any atom is -0.353 e. The standard InChI is InChI=1S/C15H22N4O/c20-14(18-13-6-1-2-7-13)12-5-3-10-19(11-12)15-16-8-4-9-17-15/h4,8-9,12-13H,1-3,5-7,10-11H2,(H,18,20)/t12-/m0/s1. The van der Waals surface area contributed by atoms with Gasteiger partial charge in [-0.1, -0.05) is 12.8 Å². The number of piperidine rings is 1. The van der Waals surface area contributed by atoms with E-state index in [1.807, 2.05) is 6.07 Å². The molecule has 108 valence electrons. The normalized spacial score (nSPS) is 23.8. The van der Waals surface area contributed by atoms with Gasteiger partial charge in [-0.15, -0.1) is 0 Å². The molecule has 1 atom stereocenters. The van der Waals surface area contributed by atoms with Gasteiger partial charge in [-0.25, -0.2) is 9.97 Å². The SMILES string of the molecule is O=C(NC1CCCC1)[C@H]1CCCN(c2ncccn2)C1. The quantitative estimate of drug-likeness (QED) is 0.912. The molecule has 1 aromatic heterocycles. The molecule has 20 heavy (non-hydrogen) atoms. The van der Waals surface area contributed by atoms with Crippen molar-refractivity contribution < 1.29 is 4.79 Å². The molecule has 5 nitrogen and oxygen atoms in total. The lowest BCUT2D eigenvalue weighted by molar-refractivity contribution is -0.125. The number of hydrogen-bond acceptors (Lipinski definition) is 4. The number of amides is 1. The summed E-state index contributed by atoms with van der Waals surface area (Å²) in [6, 6.07) is 2.23. The molecule has 5 heteroatoms. The van der Waals surface area contributed by atoms with Crippen molar-refractivity contribution in [2.24, 2.45) is 5.92 Å². The van der Waals surface area contributed by atoms with Crippen LogP contribution in [0.5, 0.6) is 0 Å². The zero-order valence-corrected chi connectivity index (χ0v) is 11.8. The van der Waals surface area contributed by atoms with E-state index >= 15 is 0 Å². The average Bonchev–Trinajstić information content (AvgIpc) is 3.01. The summed E-state index contributed by atoms with van der Waals surface area (Å²) in [5.74, 6) is 1.04. The molecular formula is C15H22N4O. The fourth-order valence-corrected chi connectivity index (χ4v) is 3.22. The lowest BCUT2D eigenvalue weighted by Crippen LogP contribution is -2.45. The van der Waals surface area contributed by atoms with E-state index in [2.05, 4.69) is 20.2 Å². The van der Waals surface area contributed by atoms with Gasteiger partial charge in [-0.05, 0) is 31.7 Å². The fraction of sp³-hybridized carbons (Fsp3) is 0.667. The highest BCUT2D eigenvalue weighted by Crippen LogP contribution is 2.22. The molecule has 3 rings (SSSR count). The van der Waals surface area contributed by atoms with Gasteiger partial charge in [0.25, 0.3) is 0 Å². The van der Waals surface area contributed by atoms with E-state index in [-0.39, 0.29) is 11.8 Å². The Morgan fingerprint density at radius 3 is 2.65 bits per heavy atom. The predicted molar refractivity (Wildman–Crippen MR) is 77.4 cm³/mol. The second-order valence-corrected chi connectivity index (χ2v) is 5.82. The van der Waals surface area contributed by atoms with E-state index in [1.165, 1.54) is 12.8 Å². The van der Waals surface area contributed by atoms with Gasteiger partial charge in [0.15, 0.2) is 0 Å². The van der Waals surface area contributed by atoms with Gasteiger partial charge < -0.3 is 10.2 Å². The van der Waals surface area contributed by atoms with Crippen molar-refractivity contribution in [3.63, 3.8) is 0 Å². The minimum absolute atomic E-state index is 0.0770. The molecule has 0 radical (unpaired) electrons. The van der Waals surface area contributed by atoms with Gasteiger partial charge in [0.05, 0.1) is 5.92 Å². The molecule has 0 unspecified atom stereocenters. The first-order chi connectivity index (χ1) is 9.83. The van der Waals surface area contributed by atoms with Crippen LogP contribution in [0.15, 0.2) is 18.5 Å². The molecule has 1 saturated carbocycles. The van der Waals surface area contributed by atoms with E-state index in [0.717, 1.165) is 44.7 Å². The molecule has 2 heterocycles. The van der Waals surface area contributed by atoms with Crippen LogP contribution in [0.1, 0.15) is 38.5 Å². The second-order valence-electron chi connectivity index (χ2n) is 5.82. The molecule has 0 aromatic carbocycles. The number of rotatable bonds is 3. The number of hydrogen-bond donors (Lipinski definition) is 1. The number of anilines is 1. The number of carbonyl (C=O) groups is 1. The van der Waals surface area contributed by atoms with Gasteiger partial charge in [0.2, 0.25) is 11.9 Å². The molecule has 1 amide bonds. The number of nitrogens with one attached hydrogen (secondary N) is 1. The number of nitrogens with zero attached hydrogens (tertiary/aromatic N) is 3. The van der Waals surface area contributed by atoms with Gasteiger partial charge in [0.1, 0.15) is 0 Å². The Balaban J connectivity index is 1.58. The van der Waals surface area contributed by atoms with E-state index in [0.29, 0.717) is 6.04 Å². The van der Waals surface area contributed by atoms with Crippen LogP contribution in [0.4, 0.5) is 5.95 Å². The largest absolute Gasteiger partial charge is 0.353 e. The van der Waals surface area contributed by atoms with E-state index in [9.17, 15) is 4.79 Å². The van der Waals surface area contributed by atoms with Gasteiger partial charge >= 0.3 is 0 Å². The van der Waals surface area contributed by atoms with E-state index < -0.39 is 0 Å². The monoisotopic (exact) mass is 274 g/mol. The molecule has 2 aliphatic rings. The first-order valence-electron chi connectivity index (χ1n) is 7.65. The van der Waals surface area contributed by atoms with Crippen molar-refractivity contribution in [3.05, 3.63) is 18.5 Å². The molecule has 1 N–H and O–H groups in total. The Labute approximate surface area is 119 Å². The van der Waals surface area contributed by atoms with Crippen LogP contribution < -0.4 is 10.2 Å². The highest BCUT2D eigenvalue weighted by Gasteiger charge is 2.28. The predicted octanol–water partition coefficient (Wildman–Crippen LogP) is 1.75. The lowest BCUT2D eigenvalue weighted by Gasteiger charge is -2.32. The fourth-order valence-electron chi connectivity index (χ4n) is 3.22. The summed E-state index contributed by atoms with van der Waals surface area (Å²) in [5, 5.41) is 3.21. The van der Waals surface area contributed by atoms with Crippen molar-refractivity contribution in [2.45, 2.75) is 44.6 Å². The molecular weight excluding hydrogens is 252 g/mol. The molecule has 1 saturated heterocycles. The topological polar surface area (TPSA) is 58.1 Å². The van der Waals surface area contributed by atoms with Crippen LogP contribution >= 0.6 is 0 Å². The van der Waals surface area contributed by atoms with E-state index in [1.54, 1.807) is 12.4 Å². The Morgan fingerprint density at radius 1 is 1.15 bits per heavy atom. The summed E-state index contributed by atoms with van der Waals surface area (Å²) in [6.45, 7) is 1.68. The molecule has 2 fully saturated rings. The Kier molecular flexibility index (Phi) is 4.14. The molecule has 1 aliphatic heterocycles. The molecule has 1 aromatic rings. The van der Waals surface area contributed by atoms with Crippen molar-refractivity contribution in [3.8, 4) is 0 Å². The summed E-state index contributed by atoms with van der Waals surface area (Å²) in [4.78, 5) is 23.0. The summed E-state index contributed by atoms with van der Waals surface area (Å²) in [6.07, 6.45) is 10.3. The third kappa shape index (κ3) is 3.08. The van der Waals surface area contributed by atoms with Crippen molar-refractivity contribution in [2.75, 3.05) is 18.0 Å². The van der Waals surface area contributed by atoms with Crippen molar-refractivity contribution in [1.82, 2.24) is 15.3 Å². The first kappa shape index (κ1) is 13.3. The Hall–Kier alpha value is -1.65. The van der Waals surface area contributed by atoms with Crippen LogP contribution in [0.25, 0.3) is 0 Å². The molecule has 0 spiro atoms. The summed E-state index contributed by atoms with van der Waals surface area (Å²) >= 11 is 0. The van der Waals surface area contributed by atoms with Crippen molar-refractivity contribution in [1.29, 1.82) is 0 Å². The summed E-state index contributed by atoms with van der Waals surface area (Å²) < 4.78 is 0. The smallest absolute Gasteiger partial charge is 0.225 e. The zero-order chi connectivity index (χ0) is 13.8. The van der Waals surface area contributed by atoms with Crippen molar-refractivity contribution >= 4 is 11.9 Å². The van der Waals surface area contributed by atoms with Crippen LogP contribution in [0, 0.1) is 5.92 Å². The number of carbonyl (C=O) groups excluding carboxylic acids is 1. The van der Waals surface area contributed by atoms with Crippen LogP contribution in [0.2, 0.25) is 0 Å². The zero-order valence-electron chi connectivity index (χ0n) is 11.8.